The Morgan fingerprint density at radius 1 is 1.17 bits per heavy atom. The maximum absolute atomic E-state index is 14.0. The van der Waals surface area contributed by atoms with Crippen molar-refractivity contribution in [2.24, 2.45) is 0 Å². The lowest BCUT2D eigenvalue weighted by Gasteiger charge is -2.35. The van der Waals surface area contributed by atoms with Crippen LogP contribution >= 0.6 is 0 Å². The van der Waals surface area contributed by atoms with Gasteiger partial charge in [-0.05, 0) is 86.9 Å². The Bertz CT molecular complexity index is 1350. The van der Waals surface area contributed by atoms with Gasteiger partial charge in [0.05, 0.1) is 12.0 Å². The highest BCUT2D eigenvalue weighted by atomic mass is 19.1. The van der Waals surface area contributed by atoms with E-state index in [-0.39, 0.29) is 30.1 Å². The zero-order chi connectivity index (χ0) is 25.4. The molecular weight excluding hydrogens is 455 g/mol. The molecule has 0 aliphatic carbocycles. The van der Waals surface area contributed by atoms with Crippen LogP contribution in [0, 0.1) is 12.7 Å². The third-order valence-electron chi connectivity index (χ3n) is 7.29. The number of hydrogen-bond acceptors (Lipinski definition) is 3. The minimum Gasteiger partial charge on any atom is -0.359 e. The largest absolute Gasteiger partial charge is 0.359 e. The molecule has 0 bridgehead atoms. The number of aromatic amines is 1. The molecule has 0 spiro atoms. The van der Waals surface area contributed by atoms with Crippen molar-refractivity contribution in [1.82, 2.24) is 14.8 Å². The summed E-state index contributed by atoms with van der Waals surface area (Å²) < 4.78 is 14.0. The van der Waals surface area contributed by atoms with Gasteiger partial charge in [0, 0.05) is 35.7 Å². The second-order valence-electron chi connectivity index (χ2n) is 9.86. The lowest BCUT2D eigenvalue weighted by atomic mass is 9.94. The molecule has 7 heteroatoms. The number of benzene rings is 2. The maximum atomic E-state index is 14.0. The van der Waals surface area contributed by atoms with Crippen LogP contribution in [0.15, 0.2) is 48.5 Å². The molecule has 3 heterocycles. The molecule has 2 aromatic carbocycles. The van der Waals surface area contributed by atoms with Crippen molar-refractivity contribution in [1.29, 1.82) is 0 Å². The molecule has 5 rings (SSSR count). The normalized spacial score (nSPS) is 17.3. The second kappa shape index (κ2) is 9.74. The summed E-state index contributed by atoms with van der Waals surface area (Å²) in [5.74, 6) is -0.482. The number of nitrogens with zero attached hydrogens (tertiary/aromatic N) is 2. The van der Waals surface area contributed by atoms with Crippen LogP contribution in [0.1, 0.15) is 35.4 Å². The van der Waals surface area contributed by atoms with Gasteiger partial charge in [0.15, 0.2) is 0 Å². The summed E-state index contributed by atoms with van der Waals surface area (Å²) in [4.78, 5) is 33.7. The van der Waals surface area contributed by atoms with E-state index in [0.717, 1.165) is 54.0 Å². The number of piperidine rings is 1. The summed E-state index contributed by atoms with van der Waals surface area (Å²) in [6.07, 6.45) is 4.02. The molecule has 0 radical (unpaired) electrons. The number of H-pyrrole nitrogens is 1. The Labute approximate surface area is 210 Å². The van der Waals surface area contributed by atoms with E-state index in [1.165, 1.54) is 12.1 Å². The molecular formula is C29H31FN4O2. The van der Waals surface area contributed by atoms with Gasteiger partial charge in [0.25, 0.3) is 5.91 Å². The van der Waals surface area contributed by atoms with E-state index in [2.05, 4.69) is 22.2 Å². The summed E-state index contributed by atoms with van der Waals surface area (Å²) >= 11 is 0. The van der Waals surface area contributed by atoms with Gasteiger partial charge in [0.2, 0.25) is 5.91 Å². The second-order valence-corrected chi connectivity index (χ2v) is 9.86. The van der Waals surface area contributed by atoms with Crippen molar-refractivity contribution in [3.8, 4) is 11.1 Å². The molecule has 1 aromatic heterocycles. The topological polar surface area (TPSA) is 68.4 Å². The number of aryl methyl sites for hydroxylation is 1. The highest BCUT2D eigenvalue weighted by molar-refractivity contribution is 6.36. The van der Waals surface area contributed by atoms with Crippen LogP contribution in [0.25, 0.3) is 22.8 Å². The smallest absolute Gasteiger partial charge is 0.256 e. The first-order valence-electron chi connectivity index (χ1n) is 12.3. The van der Waals surface area contributed by atoms with Crippen molar-refractivity contribution in [2.45, 2.75) is 32.2 Å². The quantitative estimate of drug-likeness (QED) is 0.513. The molecule has 0 atom stereocenters. The zero-order valence-corrected chi connectivity index (χ0v) is 20.9. The Balaban J connectivity index is 1.46. The highest BCUT2D eigenvalue weighted by Crippen LogP contribution is 2.40. The van der Waals surface area contributed by atoms with Gasteiger partial charge in [-0.2, -0.15) is 0 Å². The molecule has 186 valence electrons. The van der Waals surface area contributed by atoms with Crippen LogP contribution in [0.3, 0.4) is 0 Å². The van der Waals surface area contributed by atoms with E-state index in [9.17, 15) is 14.0 Å². The van der Waals surface area contributed by atoms with Gasteiger partial charge >= 0.3 is 0 Å². The number of rotatable bonds is 5. The minimum atomic E-state index is -0.331. The number of likely N-dealkylation sites (tertiary alicyclic amines) is 1. The fourth-order valence-electron chi connectivity index (χ4n) is 5.24. The maximum Gasteiger partial charge on any atom is 0.256 e. The lowest BCUT2D eigenvalue weighted by Crippen LogP contribution is -2.45. The molecule has 2 amide bonds. The molecule has 2 aliphatic heterocycles. The van der Waals surface area contributed by atoms with E-state index in [0.29, 0.717) is 16.8 Å². The van der Waals surface area contributed by atoms with Gasteiger partial charge in [0.1, 0.15) is 5.82 Å². The summed E-state index contributed by atoms with van der Waals surface area (Å²) in [5, 5.41) is 2.93. The first kappa shape index (κ1) is 24.0. The Morgan fingerprint density at radius 2 is 1.92 bits per heavy atom. The number of carbonyl (C=O) groups is 2. The lowest BCUT2D eigenvalue weighted by molar-refractivity contribution is -0.132. The molecule has 2 N–H and O–H groups in total. The van der Waals surface area contributed by atoms with Crippen molar-refractivity contribution in [3.63, 3.8) is 0 Å². The van der Waals surface area contributed by atoms with E-state index in [1.807, 2.05) is 55.3 Å². The van der Waals surface area contributed by atoms with E-state index in [4.69, 9.17) is 0 Å². The van der Waals surface area contributed by atoms with Crippen molar-refractivity contribution in [2.75, 3.05) is 32.5 Å². The van der Waals surface area contributed by atoms with Crippen molar-refractivity contribution < 1.29 is 14.0 Å². The number of carbonyl (C=O) groups excluding carboxylic acids is 2. The predicted molar refractivity (Wildman–Crippen MR) is 141 cm³/mol. The molecule has 0 saturated carbocycles. The van der Waals surface area contributed by atoms with Crippen molar-refractivity contribution >= 4 is 29.2 Å². The van der Waals surface area contributed by atoms with Crippen LogP contribution in [-0.4, -0.2) is 59.8 Å². The number of nitrogens with one attached hydrogen (secondary N) is 2. The van der Waals surface area contributed by atoms with Crippen LogP contribution in [0.2, 0.25) is 0 Å². The van der Waals surface area contributed by atoms with E-state index >= 15 is 0 Å². The number of hydrogen-bond donors (Lipinski definition) is 2. The monoisotopic (exact) mass is 486 g/mol. The van der Waals surface area contributed by atoms with Gasteiger partial charge in [-0.25, -0.2) is 4.39 Å². The number of amides is 2. The SMILES string of the molecule is Cc1cc(CC(=O)N(C)C2CCN(C)CC2)c(/C=C2\C(=O)Nc3cccc(-c4cccc(F)c4)c32)[nH]1. The van der Waals surface area contributed by atoms with Gasteiger partial charge < -0.3 is 20.1 Å². The fourth-order valence-corrected chi connectivity index (χ4v) is 5.24. The molecule has 0 unspecified atom stereocenters. The molecule has 36 heavy (non-hydrogen) atoms. The summed E-state index contributed by atoms with van der Waals surface area (Å²) in [5.41, 5.74) is 5.91. The fraction of sp³-hybridized carbons (Fsp3) is 0.310. The standard InChI is InChI=1S/C29H31FN4O2/c1-18-14-20(16-27(35)34(3)22-10-12-33(2)13-11-22)26(31-18)17-24-28-23(19-6-4-7-21(30)15-19)8-5-9-25(28)32-29(24)36/h4-9,14-15,17,22,31H,10-13,16H2,1-3H3,(H,32,36)/b24-17-. The number of halogens is 1. The molecule has 2 aliphatic rings. The number of fused-ring (bicyclic) bond motifs is 1. The summed E-state index contributed by atoms with van der Waals surface area (Å²) in [6, 6.07) is 14.2. The number of aromatic nitrogens is 1. The third-order valence-corrected chi connectivity index (χ3v) is 7.29. The average molecular weight is 487 g/mol. The summed E-state index contributed by atoms with van der Waals surface area (Å²) in [7, 11) is 4.00. The molecule has 6 nitrogen and oxygen atoms in total. The van der Waals surface area contributed by atoms with Crippen LogP contribution in [0.5, 0.6) is 0 Å². The van der Waals surface area contributed by atoms with Crippen LogP contribution in [0.4, 0.5) is 10.1 Å². The predicted octanol–water partition coefficient (Wildman–Crippen LogP) is 4.72. The zero-order valence-electron chi connectivity index (χ0n) is 20.9. The Hall–Kier alpha value is -3.71. The van der Waals surface area contributed by atoms with Gasteiger partial charge in [-0.15, -0.1) is 0 Å². The molecule has 1 fully saturated rings. The van der Waals surface area contributed by atoms with Gasteiger partial charge in [-0.1, -0.05) is 24.3 Å². The first-order chi connectivity index (χ1) is 17.3. The first-order valence-corrected chi connectivity index (χ1v) is 12.3. The number of anilines is 1. The number of likely N-dealkylation sites (N-methyl/N-ethyl adjacent to an activating group) is 1. The third kappa shape index (κ3) is 4.71. The average Bonchev–Trinajstić information content (AvgIpc) is 3.37. The van der Waals surface area contributed by atoms with Crippen LogP contribution in [-0.2, 0) is 16.0 Å². The van der Waals surface area contributed by atoms with Gasteiger partial charge in [-0.3, -0.25) is 9.59 Å². The van der Waals surface area contributed by atoms with E-state index < -0.39 is 0 Å². The van der Waals surface area contributed by atoms with E-state index in [1.54, 1.807) is 6.07 Å². The Kier molecular flexibility index (Phi) is 6.49. The van der Waals surface area contributed by atoms with Crippen molar-refractivity contribution in [3.05, 3.63) is 76.9 Å². The minimum absolute atomic E-state index is 0.0694. The van der Waals surface area contributed by atoms with Crippen LogP contribution < -0.4 is 5.32 Å². The highest BCUT2D eigenvalue weighted by Gasteiger charge is 2.29. The summed E-state index contributed by atoms with van der Waals surface area (Å²) in [6.45, 7) is 3.92. The molecule has 3 aromatic rings. The molecule has 1 saturated heterocycles. The Morgan fingerprint density at radius 3 is 2.67 bits per heavy atom.